The van der Waals surface area contributed by atoms with E-state index in [9.17, 15) is 0 Å². The molecule has 1 aliphatic heterocycles. The summed E-state index contributed by atoms with van der Waals surface area (Å²) in [6.45, 7) is 2.16. The van der Waals surface area contributed by atoms with E-state index in [1.165, 1.54) is 19.3 Å². The Morgan fingerprint density at radius 1 is 1.33 bits per heavy atom. The zero-order chi connectivity index (χ0) is 11.1. The Kier molecular flexibility index (Phi) is 6.17. The lowest BCUT2D eigenvalue weighted by atomic mass is 10.00. The van der Waals surface area contributed by atoms with Crippen molar-refractivity contribution in [3.63, 3.8) is 0 Å². The predicted molar refractivity (Wildman–Crippen MR) is 58.7 cm³/mol. The standard InChI is InChI=1S/C11H23NO3/c1-14-11(15-2)9-12-7-4-3-5-10(12)6-8-13/h10-11,13H,3-9H2,1-2H3. The molecule has 4 heteroatoms. The van der Waals surface area contributed by atoms with Crippen molar-refractivity contribution >= 4 is 0 Å². The van der Waals surface area contributed by atoms with Gasteiger partial charge in [-0.15, -0.1) is 0 Å². The summed E-state index contributed by atoms with van der Waals surface area (Å²) in [5, 5.41) is 9.00. The Morgan fingerprint density at radius 2 is 2.07 bits per heavy atom. The van der Waals surface area contributed by atoms with Gasteiger partial charge in [-0.3, -0.25) is 4.90 Å². The van der Waals surface area contributed by atoms with Crippen molar-refractivity contribution < 1.29 is 14.6 Å². The van der Waals surface area contributed by atoms with Crippen LogP contribution >= 0.6 is 0 Å². The minimum atomic E-state index is -0.149. The summed E-state index contributed by atoms with van der Waals surface area (Å²) in [5.74, 6) is 0. The van der Waals surface area contributed by atoms with Crippen LogP contribution in [-0.2, 0) is 9.47 Å². The van der Waals surface area contributed by atoms with Crippen molar-refractivity contribution in [2.45, 2.75) is 38.0 Å². The second-order valence-corrected chi connectivity index (χ2v) is 4.06. The van der Waals surface area contributed by atoms with Crippen molar-refractivity contribution in [1.29, 1.82) is 0 Å². The molecule has 1 aliphatic rings. The van der Waals surface area contributed by atoms with E-state index in [-0.39, 0.29) is 12.9 Å². The molecule has 0 saturated carbocycles. The minimum absolute atomic E-state index is 0.149. The van der Waals surface area contributed by atoms with E-state index >= 15 is 0 Å². The van der Waals surface area contributed by atoms with Gasteiger partial charge >= 0.3 is 0 Å². The zero-order valence-electron chi connectivity index (χ0n) is 9.82. The molecule has 1 saturated heterocycles. The number of hydrogen-bond acceptors (Lipinski definition) is 4. The molecule has 0 radical (unpaired) electrons. The normalized spacial score (nSPS) is 23.6. The van der Waals surface area contributed by atoms with E-state index in [4.69, 9.17) is 14.6 Å². The second kappa shape index (κ2) is 7.17. The molecule has 15 heavy (non-hydrogen) atoms. The van der Waals surface area contributed by atoms with Crippen molar-refractivity contribution in [2.24, 2.45) is 0 Å². The second-order valence-electron chi connectivity index (χ2n) is 4.06. The number of methoxy groups -OCH3 is 2. The monoisotopic (exact) mass is 217 g/mol. The molecule has 1 N–H and O–H groups in total. The molecule has 4 nitrogen and oxygen atoms in total. The number of ether oxygens (including phenoxy) is 2. The first-order valence-corrected chi connectivity index (χ1v) is 5.72. The van der Waals surface area contributed by atoms with Gasteiger partial charge in [-0.25, -0.2) is 0 Å². The minimum Gasteiger partial charge on any atom is -0.396 e. The van der Waals surface area contributed by atoms with Crippen LogP contribution in [0.4, 0.5) is 0 Å². The molecule has 1 fully saturated rings. The Bertz CT molecular complexity index is 160. The number of likely N-dealkylation sites (tertiary alicyclic amines) is 1. The molecule has 1 heterocycles. The fourth-order valence-electron chi connectivity index (χ4n) is 2.21. The number of aliphatic hydroxyl groups excluding tert-OH is 1. The van der Waals surface area contributed by atoms with Gasteiger partial charge < -0.3 is 14.6 Å². The molecule has 0 spiro atoms. The van der Waals surface area contributed by atoms with E-state index in [1.54, 1.807) is 14.2 Å². The fourth-order valence-corrected chi connectivity index (χ4v) is 2.21. The van der Waals surface area contributed by atoms with Crippen molar-refractivity contribution in [2.75, 3.05) is 33.9 Å². The van der Waals surface area contributed by atoms with Gasteiger partial charge in [-0.05, 0) is 25.8 Å². The van der Waals surface area contributed by atoms with Crippen LogP contribution in [0.1, 0.15) is 25.7 Å². The Labute approximate surface area is 92.2 Å². The van der Waals surface area contributed by atoms with Gasteiger partial charge in [0.15, 0.2) is 6.29 Å². The number of piperidine rings is 1. The third-order valence-electron chi connectivity index (χ3n) is 3.12. The highest BCUT2D eigenvalue weighted by Gasteiger charge is 2.24. The molecule has 0 aromatic carbocycles. The van der Waals surface area contributed by atoms with Gasteiger partial charge in [-0.2, -0.15) is 0 Å². The van der Waals surface area contributed by atoms with Gasteiger partial charge in [0.25, 0.3) is 0 Å². The zero-order valence-corrected chi connectivity index (χ0v) is 9.82. The first-order chi connectivity index (χ1) is 7.31. The van der Waals surface area contributed by atoms with Gasteiger partial charge in [0.05, 0.1) is 0 Å². The molecule has 0 aromatic heterocycles. The number of rotatable bonds is 6. The van der Waals surface area contributed by atoms with Crippen LogP contribution in [0.15, 0.2) is 0 Å². The van der Waals surface area contributed by atoms with Gasteiger partial charge in [0.2, 0.25) is 0 Å². The highest BCUT2D eigenvalue weighted by atomic mass is 16.7. The number of hydrogen-bond donors (Lipinski definition) is 1. The summed E-state index contributed by atoms with van der Waals surface area (Å²) in [4.78, 5) is 2.37. The van der Waals surface area contributed by atoms with Crippen molar-refractivity contribution in [3.05, 3.63) is 0 Å². The molecule has 1 atom stereocenters. The third kappa shape index (κ3) is 4.07. The lowest BCUT2D eigenvalue weighted by Gasteiger charge is -2.36. The van der Waals surface area contributed by atoms with Crippen LogP contribution < -0.4 is 0 Å². The van der Waals surface area contributed by atoms with E-state index in [0.717, 1.165) is 19.5 Å². The van der Waals surface area contributed by atoms with Crippen LogP contribution in [-0.4, -0.2) is 56.3 Å². The van der Waals surface area contributed by atoms with Crippen LogP contribution in [0, 0.1) is 0 Å². The average molecular weight is 217 g/mol. The largest absolute Gasteiger partial charge is 0.396 e. The maximum atomic E-state index is 9.00. The molecule has 0 aromatic rings. The van der Waals surface area contributed by atoms with E-state index in [1.807, 2.05) is 0 Å². The lowest BCUT2D eigenvalue weighted by Crippen LogP contribution is -2.45. The van der Waals surface area contributed by atoms with Crippen molar-refractivity contribution in [3.8, 4) is 0 Å². The van der Waals surface area contributed by atoms with Crippen LogP contribution in [0.2, 0.25) is 0 Å². The van der Waals surface area contributed by atoms with Gasteiger partial charge in [0, 0.05) is 33.4 Å². The van der Waals surface area contributed by atoms with Crippen LogP contribution in [0.25, 0.3) is 0 Å². The van der Waals surface area contributed by atoms with E-state index in [2.05, 4.69) is 4.90 Å². The van der Waals surface area contributed by atoms with Crippen LogP contribution in [0.3, 0.4) is 0 Å². The quantitative estimate of drug-likeness (QED) is 0.670. The molecule has 1 rings (SSSR count). The molecular weight excluding hydrogens is 194 g/mol. The Hall–Kier alpha value is -0.160. The highest BCUT2D eigenvalue weighted by Crippen LogP contribution is 2.19. The summed E-state index contributed by atoms with van der Waals surface area (Å²) < 4.78 is 10.4. The average Bonchev–Trinajstić information content (AvgIpc) is 2.28. The molecule has 1 unspecified atom stereocenters. The lowest BCUT2D eigenvalue weighted by molar-refractivity contribution is -0.123. The Morgan fingerprint density at radius 3 is 2.67 bits per heavy atom. The van der Waals surface area contributed by atoms with Gasteiger partial charge in [-0.1, -0.05) is 6.42 Å². The number of nitrogens with zero attached hydrogens (tertiary/aromatic N) is 1. The molecule has 90 valence electrons. The first kappa shape index (κ1) is 12.9. The summed E-state index contributed by atoms with van der Waals surface area (Å²) in [6, 6.07) is 0.497. The topological polar surface area (TPSA) is 41.9 Å². The summed E-state index contributed by atoms with van der Waals surface area (Å²) in [7, 11) is 3.33. The smallest absolute Gasteiger partial charge is 0.169 e. The summed E-state index contributed by atoms with van der Waals surface area (Å²) in [5.41, 5.74) is 0. The predicted octanol–water partition coefficient (Wildman–Crippen LogP) is 0.842. The van der Waals surface area contributed by atoms with Gasteiger partial charge in [0.1, 0.15) is 0 Å². The molecule has 0 aliphatic carbocycles. The van der Waals surface area contributed by atoms with Crippen molar-refractivity contribution in [1.82, 2.24) is 4.90 Å². The maximum absolute atomic E-state index is 9.00. The number of aliphatic hydroxyl groups is 1. The highest BCUT2D eigenvalue weighted by molar-refractivity contribution is 4.77. The third-order valence-corrected chi connectivity index (χ3v) is 3.12. The summed E-state index contributed by atoms with van der Waals surface area (Å²) in [6.07, 6.45) is 4.40. The van der Waals surface area contributed by atoms with E-state index in [0.29, 0.717) is 6.04 Å². The Balaban J connectivity index is 2.40. The molecule has 0 bridgehead atoms. The molecule has 0 amide bonds. The van der Waals surface area contributed by atoms with Crippen LogP contribution in [0.5, 0.6) is 0 Å². The first-order valence-electron chi connectivity index (χ1n) is 5.72. The molecular formula is C11H23NO3. The SMILES string of the molecule is COC(CN1CCCCC1CCO)OC. The fraction of sp³-hybridized carbons (Fsp3) is 1.00. The van der Waals surface area contributed by atoms with E-state index < -0.39 is 0 Å². The summed E-state index contributed by atoms with van der Waals surface area (Å²) >= 11 is 0. The maximum Gasteiger partial charge on any atom is 0.169 e.